The standard InChI is InChI=1S/C14H17N3O3/c1-7-12-5-11(20-13(12)16-10(4)15-7)6-17-8(2)9(3)19-14(17)18/h11H,5-6H2,1-4H3. The Kier molecular flexibility index (Phi) is 2.88. The molecule has 1 aliphatic heterocycles. The summed E-state index contributed by atoms with van der Waals surface area (Å²) < 4.78 is 12.6. The number of hydrogen-bond donors (Lipinski definition) is 0. The molecule has 1 unspecified atom stereocenters. The van der Waals surface area contributed by atoms with Crippen molar-refractivity contribution in [2.24, 2.45) is 0 Å². The fourth-order valence-electron chi connectivity index (χ4n) is 2.57. The van der Waals surface area contributed by atoms with E-state index in [-0.39, 0.29) is 11.9 Å². The maximum atomic E-state index is 11.8. The summed E-state index contributed by atoms with van der Waals surface area (Å²) >= 11 is 0. The summed E-state index contributed by atoms with van der Waals surface area (Å²) in [7, 11) is 0. The lowest BCUT2D eigenvalue weighted by atomic mass is 10.1. The van der Waals surface area contributed by atoms with Gasteiger partial charge in [0.2, 0.25) is 5.88 Å². The molecule has 2 aromatic heterocycles. The second-order valence-electron chi connectivity index (χ2n) is 5.20. The zero-order chi connectivity index (χ0) is 14.4. The highest BCUT2D eigenvalue weighted by Crippen LogP contribution is 2.29. The minimum Gasteiger partial charge on any atom is -0.472 e. The highest BCUT2D eigenvalue weighted by Gasteiger charge is 2.28. The Morgan fingerprint density at radius 2 is 2.00 bits per heavy atom. The number of rotatable bonds is 2. The molecule has 3 heterocycles. The van der Waals surface area contributed by atoms with Crippen molar-refractivity contribution in [1.82, 2.24) is 14.5 Å². The van der Waals surface area contributed by atoms with E-state index in [0.29, 0.717) is 24.0 Å². The molecule has 0 radical (unpaired) electrons. The molecule has 0 N–H and O–H groups in total. The maximum absolute atomic E-state index is 11.8. The second kappa shape index (κ2) is 4.47. The van der Waals surface area contributed by atoms with Crippen LogP contribution in [0.2, 0.25) is 0 Å². The SMILES string of the molecule is Cc1nc(C)c2c(n1)OC(Cn1c(C)c(C)oc1=O)C2. The Hall–Kier alpha value is -2.11. The van der Waals surface area contributed by atoms with Crippen LogP contribution in [0.4, 0.5) is 0 Å². The van der Waals surface area contributed by atoms with Crippen LogP contribution in [0.3, 0.4) is 0 Å². The van der Waals surface area contributed by atoms with Gasteiger partial charge in [-0.15, -0.1) is 0 Å². The molecule has 0 aliphatic carbocycles. The van der Waals surface area contributed by atoms with Gasteiger partial charge >= 0.3 is 5.76 Å². The lowest BCUT2D eigenvalue weighted by Gasteiger charge is -2.10. The van der Waals surface area contributed by atoms with Crippen LogP contribution < -0.4 is 10.5 Å². The number of hydrogen-bond acceptors (Lipinski definition) is 5. The molecular formula is C14H17N3O3. The summed E-state index contributed by atoms with van der Waals surface area (Å²) in [6.45, 7) is 7.93. The largest absolute Gasteiger partial charge is 0.472 e. The van der Waals surface area contributed by atoms with Crippen LogP contribution in [0.15, 0.2) is 9.21 Å². The summed E-state index contributed by atoms with van der Waals surface area (Å²) in [6.07, 6.45) is 0.616. The van der Waals surface area contributed by atoms with Crippen LogP contribution in [0.1, 0.15) is 28.5 Å². The van der Waals surface area contributed by atoms with E-state index in [0.717, 1.165) is 23.4 Å². The molecule has 3 rings (SSSR count). The van der Waals surface area contributed by atoms with E-state index in [9.17, 15) is 4.79 Å². The highest BCUT2D eigenvalue weighted by atomic mass is 16.5. The zero-order valence-corrected chi connectivity index (χ0v) is 12.1. The fourth-order valence-corrected chi connectivity index (χ4v) is 2.57. The highest BCUT2D eigenvalue weighted by molar-refractivity contribution is 5.34. The van der Waals surface area contributed by atoms with E-state index >= 15 is 0 Å². The average molecular weight is 275 g/mol. The van der Waals surface area contributed by atoms with Crippen LogP contribution in [-0.2, 0) is 13.0 Å². The summed E-state index contributed by atoms with van der Waals surface area (Å²) in [5.41, 5.74) is 2.82. The first-order valence-corrected chi connectivity index (χ1v) is 6.63. The summed E-state index contributed by atoms with van der Waals surface area (Å²) in [5, 5.41) is 0. The number of oxazole rings is 1. The first-order chi connectivity index (χ1) is 9.45. The normalized spacial score (nSPS) is 17.1. The van der Waals surface area contributed by atoms with Crippen LogP contribution >= 0.6 is 0 Å². The molecule has 1 aliphatic rings. The van der Waals surface area contributed by atoms with Gasteiger partial charge < -0.3 is 9.15 Å². The Labute approximate surface area is 116 Å². The third-order valence-electron chi connectivity index (χ3n) is 3.76. The third kappa shape index (κ3) is 2.01. The van der Waals surface area contributed by atoms with Crippen molar-refractivity contribution in [2.45, 2.75) is 46.8 Å². The van der Waals surface area contributed by atoms with Gasteiger partial charge in [0.05, 0.1) is 12.2 Å². The number of ether oxygens (including phenoxy) is 1. The quantitative estimate of drug-likeness (QED) is 0.830. The predicted molar refractivity (Wildman–Crippen MR) is 72.1 cm³/mol. The number of aryl methyl sites for hydroxylation is 3. The van der Waals surface area contributed by atoms with Gasteiger partial charge in [-0.05, 0) is 27.7 Å². The van der Waals surface area contributed by atoms with E-state index in [1.54, 1.807) is 11.5 Å². The molecule has 0 bridgehead atoms. The number of fused-ring (bicyclic) bond motifs is 1. The van der Waals surface area contributed by atoms with Crippen molar-refractivity contribution >= 4 is 0 Å². The molecule has 2 aromatic rings. The lowest BCUT2D eigenvalue weighted by molar-refractivity contribution is 0.197. The maximum Gasteiger partial charge on any atom is 0.419 e. The van der Waals surface area contributed by atoms with Gasteiger partial charge in [0.25, 0.3) is 0 Å². The Morgan fingerprint density at radius 3 is 2.65 bits per heavy atom. The van der Waals surface area contributed by atoms with Gasteiger partial charge in [0.15, 0.2) is 0 Å². The molecule has 0 fully saturated rings. The van der Waals surface area contributed by atoms with E-state index in [4.69, 9.17) is 9.15 Å². The predicted octanol–water partition coefficient (Wildman–Crippen LogP) is 1.47. The van der Waals surface area contributed by atoms with Gasteiger partial charge in [-0.2, -0.15) is 4.98 Å². The van der Waals surface area contributed by atoms with Crippen LogP contribution in [0.5, 0.6) is 5.88 Å². The molecule has 0 saturated carbocycles. The van der Waals surface area contributed by atoms with Crippen molar-refractivity contribution in [1.29, 1.82) is 0 Å². The van der Waals surface area contributed by atoms with E-state index < -0.39 is 0 Å². The second-order valence-corrected chi connectivity index (χ2v) is 5.20. The molecule has 106 valence electrons. The van der Waals surface area contributed by atoms with Gasteiger partial charge in [0, 0.05) is 17.7 Å². The third-order valence-corrected chi connectivity index (χ3v) is 3.76. The average Bonchev–Trinajstić information content (AvgIpc) is 2.86. The summed E-state index contributed by atoms with van der Waals surface area (Å²) in [4.78, 5) is 20.4. The number of nitrogens with zero attached hydrogens (tertiary/aromatic N) is 3. The smallest absolute Gasteiger partial charge is 0.419 e. The number of aromatic nitrogens is 3. The van der Waals surface area contributed by atoms with Gasteiger partial charge in [-0.3, -0.25) is 4.57 Å². The van der Waals surface area contributed by atoms with E-state index in [1.165, 1.54) is 0 Å². The van der Waals surface area contributed by atoms with Crippen molar-refractivity contribution in [3.63, 3.8) is 0 Å². The van der Waals surface area contributed by atoms with Crippen molar-refractivity contribution in [3.8, 4) is 5.88 Å². The first kappa shape index (κ1) is 12.9. The van der Waals surface area contributed by atoms with E-state index in [1.807, 2.05) is 20.8 Å². The molecule has 1 atom stereocenters. The molecular weight excluding hydrogens is 258 g/mol. The van der Waals surface area contributed by atoms with Crippen molar-refractivity contribution in [3.05, 3.63) is 39.1 Å². The minimum atomic E-state index is -0.335. The Bertz CT molecular complexity index is 730. The van der Waals surface area contributed by atoms with Gasteiger partial charge in [0.1, 0.15) is 17.7 Å². The fraction of sp³-hybridized carbons (Fsp3) is 0.500. The van der Waals surface area contributed by atoms with Gasteiger partial charge in [-0.25, -0.2) is 9.78 Å². The van der Waals surface area contributed by atoms with E-state index in [2.05, 4.69) is 9.97 Å². The zero-order valence-electron chi connectivity index (χ0n) is 12.1. The molecule has 0 spiro atoms. The Balaban J connectivity index is 1.86. The summed E-state index contributed by atoms with van der Waals surface area (Å²) in [5.74, 6) is 1.66. The van der Waals surface area contributed by atoms with Crippen molar-refractivity contribution < 1.29 is 9.15 Å². The van der Waals surface area contributed by atoms with Crippen LogP contribution in [-0.4, -0.2) is 20.6 Å². The van der Waals surface area contributed by atoms with Gasteiger partial charge in [-0.1, -0.05) is 0 Å². The molecule has 6 heteroatoms. The Morgan fingerprint density at radius 1 is 1.25 bits per heavy atom. The van der Waals surface area contributed by atoms with Crippen LogP contribution in [0.25, 0.3) is 0 Å². The topological polar surface area (TPSA) is 70.2 Å². The molecule has 0 saturated heterocycles. The molecule has 6 nitrogen and oxygen atoms in total. The molecule has 0 amide bonds. The first-order valence-electron chi connectivity index (χ1n) is 6.63. The van der Waals surface area contributed by atoms with Crippen molar-refractivity contribution in [2.75, 3.05) is 0 Å². The lowest BCUT2D eigenvalue weighted by Crippen LogP contribution is -2.27. The summed E-state index contributed by atoms with van der Waals surface area (Å²) in [6, 6.07) is 0. The molecule has 20 heavy (non-hydrogen) atoms. The monoisotopic (exact) mass is 275 g/mol. The molecule has 0 aromatic carbocycles. The minimum absolute atomic E-state index is 0.104. The van der Waals surface area contributed by atoms with Crippen LogP contribution in [0, 0.1) is 27.7 Å².